The number of nitrogens with zero attached hydrogens (tertiary/aromatic N) is 4. The Labute approximate surface area is 198 Å². The maximum Gasteiger partial charge on any atom is 0.208 e. The lowest BCUT2D eigenvalue weighted by molar-refractivity contribution is 0.513. The van der Waals surface area contributed by atoms with Crippen LogP contribution in [0.25, 0.3) is 0 Å². The predicted molar refractivity (Wildman–Crippen MR) is 133 cm³/mol. The van der Waals surface area contributed by atoms with Crippen LogP contribution in [0.2, 0.25) is 0 Å². The highest BCUT2D eigenvalue weighted by molar-refractivity contribution is 5.81. The molecule has 2 aromatic heterocycles. The molecule has 178 valence electrons. The van der Waals surface area contributed by atoms with Crippen molar-refractivity contribution in [2.75, 3.05) is 10.6 Å². The first-order valence-electron chi connectivity index (χ1n) is 11.7. The average molecular weight is 465 g/mol. The van der Waals surface area contributed by atoms with Gasteiger partial charge in [0.2, 0.25) is 5.95 Å². The van der Waals surface area contributed by atoms with Gasteiger partial charge in [-0.1, -0.05) is 25.8 Å². The Kier molecular flexibility index (Phi) is 7.35. The summed E-state index contributed by atoms with van der Waals surface area (Å²) in [5, 5.41) is 6.26. The van der Waals surface area contributed by atoms with Gasteiger partial charge in [-0.15, -0.1) is 0 Å². The largest absolute Gasteiger partial charge is 0.340 e. The number of hydrogen-bond donors (Lipinski definition) is 2. The molecule has 0 spiro atoms. The molecule has 2 N–H and O–H groups in total. The number of anilines is 3. The summed E-state index contributed by atoms with van der Waals surface area (Å²) in [7, 11) is 0. The number of nitrogens with one attached hydrogen (secondary N) is 2. The van der Waals surface area contributed by atoms with Crippen molar-refractivity contribution in [2.24, 2.45) is 4.99 Å². The molecule has 0 radical (unpaired) electrons. The summed E-state index contributed by atoms with van der Waals surface area (Å²) in [4.78, 5) is 13.5. The number of pyridine rings is 1. The molecule has 0 amide bonds. The van der Waals surface area contributed by atoms with Crippen molar-refractivity contribution in [3.63, 3.8) is 0 Å². The van der Waals surface area contributed by atoms with Crippen LogP contribution in [-0.4, -0.2) is 20.7 Å². The summed E-state index contributed by atoms with van der Waals surface area (Å²) in [5.74, 6) is -0.147. The fraction of sp³-hybridized carbons (Fsp3) is 0.346. The Morgan fingerprint density at radius 1 is 1.15 bits per heavy atom. The van der Waals surface area contributed by atoms with Crippen LogP contribution in [0.3, 0.4) is 0 Å². The van der Waals surface area contributed by atoms with Crippen molar-refractivity contribution < 1.29 is 8.78 Å². The van der Waals surface area contributed by atoms with E-state index in [9.17, 15) is 8.78 Å². The molecule has 0 bridgehead atoms. The number of allylic oxidation sites excluding steroid dienone is 1. The van der Waals surface area contributed by atoms with Crippen molar-refractivity contribution in [2.45, 2.75) is 58.9 Å². The highest BCUT2D eigenvalue weighted by Gasteiger charge is 2.25. The average Bonchev–Trinajstić information content (AvgIpc) is 3.47. The molecule has 6 nitrogen and oxygen atoms in total. The minimum atomic E-state index is -0.654. The van der Waals surface area contributed by atoms with Crippen LogP contribution in [-0.2, 0) is 0 Å². The molecule has 0 unspecified atom stereocenters. The standard InChI is InChI=1S/C26H30F2N6/c1-4-17(2)25(31-19-12-14-29-15-13-19)30-16-23-18(3)34(20-8-5-6-9-20)26(32-23)33-24-21(27)10-7-11-22(24)28/h7,10-16,20H,4-6,8-9H2,1-3H3,(H,29,31)(H,32,33)/b25-17-,30-16-. The number of aliphatic imine (C=N–C) groups is 1. The van der Waals surface area contributed by atoms with E-state index < -0.39 is 11.6 Å². The van der Waals surface area contributed by atoms with E-state index in [1.807, 2.05) is 26.0 Å². The van der Waals surface area contributed by atoms with E-state index in [2.05, 4.69) is 27.1 Å². The molecule has 1 fully saturated rings. The highest BCUT2D eigenvalue weighted by atomic mass is 19.1. The van der Waals surface area contributed by atoms with Crippen LogP contribution < -0.4 is 10.6 Å². The number of aromatic nitrogens is 3. The lowest BCUT2D eigenvalue weighted by Gasteiger charge is -2.18. The maximum atomic E-state index is 14.4. The normalized spacial score (nSPS) is 15.1. The zero-order valence-electron chi connectivity index (χ0n) is 19.8. The van der Waals surface area contributed by atoms with Crippen molar-refractivity contribution in [3.05, 3.63) is 77.1 Å². The Bertz CT molecular complexity index is 1170. The Morgan fingerprint density at radius 3 is 2.47 bits per heavy atom. The Balaban J connectivity index is 1.70. The zero-order valence-corrected chi connectivity index (χ0v) is 19.8. The van der Waals surface area contributed by atoms with Crippen molar-refractivity contribution >= 4 is 23.5 Å². The van der Waals surface area contributed by atoms with Crippen LogP contribution in [0.1, 0.15) is 63.4 Å². The molecule has 1 aliphatic carbocycles. The van der Waals surface area contributed by atoms with Gasteiger partial charge in [-0.2, -0.15) is 0 Å². The van der Waals surface area contributed by atoms with Gasteiger partial charge in [-0.25, -0.2) is 18.8 Å². The van der Waals surface area contributed by atoms with Crippen LogP contribution in [0, 0.1) is 18.6 Å². The van der Waals surface area contributed by atoms with Gasteiger partial charge >= 0.3 is 0 Å². The van der Waals surface area contributed by atoms with E-state index in [4.69, 9.17) is 9.98 Å². The molecule has 8 heteroatoms. The molecular weight excluding hydrogens is 434 g/mol. The van der Waals surface area contributed by atoms with Gasteiger partial charge in [0.25, 0.3) is 0 Å². The smallest absolute Gasteiger partial charge is 0.208 e. The molecule has 1 aliphatic rings. The van der Waals surface area contributed by atoms with Crippen molar-refractivity contribution in [1.29, 1.82) is 0 Å². The second kappa shape index (κ2) is 10.6. The van der Waals surface area contributed by atoms with Crippen LogP contribution in [0.4, 0.5) is 26.1 Å². The first kappa shape index (κ1) is 23.6. The first-order chi connectivity index (χ1) is 16.5. The molecule has 0 atom stereocenters. The second-order valence-electron chi connectivity index (χ2n) is 8.54. The predicted octanol–water partition coefficient (Wildman–Crippen LogP) is 6.90. The third-order valence-corrected chi connectivity index (χ3v) is 6.27. The second-order valence-corrected chi connectivity index (χ2v) is 8.54. The van der Waals surface area contributed by atoms with Crippen molar-refractivity contribution in [1.82, 2.24) is 14.5 Å². The monoisotopic (exact) mass is 464 g/mol. The Hall–Kier alpha value is -3.55. The van der Waals surface area contributed by atoms with E-state index in [1.165, 1.54) is 18.2 Å². The minimum Gasteiger partial charge on any atom is -0.340 e. The van der Waals surface area contributed by atoms with Crippen LogP contribution in [0.15, 0.2) is 59.1 Å². The fourth-order valence-electron chi connectivity index (χ4n) is 4.19. The molecule has 0 aliphatic heterocycles. The van der Waals surface area contributed by atoms with E-state index in [0.717, 1.165) is 54.9 Å². The van der Waals surface area contributed by atoms with E-state index in [1.54, 1.807) is 18.6 Å². The molecule has 1 saturated carbocycles. The summed E-state index contributed by atoms with van der Waals surface area (Å²) >= 11 is 0. The number of benzene rings is 1. The quantitative estimate of drug-likeness (QED) is 0.356. The Morgan fingerprint density at radius 2 is 1.82 bits per heavy atom. The van der Waals surface area contributed by atoms with Crippen molar-refractivity contribution in [3.8, 4) is 0 Å². The molecule has 2 heterocycles. The number of rotatable bonds is 8. The lowest BCUT2D eigenvalue weighted by Crippen LogP contribution is -2.11. The van der Waals surface area contributed by atoms with E-state index in [-0.39, 0.29) is 11.7 Å². The van der Waals surface area contributed by atoms with E-state index >= 15 is 0 Å². The summed E-state index contributed by atoms with van der Waals surface area (Å²) in [6.45, 7) is 6.07. The third kappa shape index (κ3) is 5.16. The summed E-state index contributed by atoms with van der Waals surface area (Å²) in [6.07, 6.45) is 10.2. The number of hydrogen-bond acceptors (Lipinski definition) is 5. The minimum absolute atomic E-state index is 0.197. The number of para-hydroxylation sites is 1. The fourth-order valence-corrected chi connectivity index (χ4v) is 4.19. The SMILES string of the molecule is CC/C(C)=C(/N=C\c1nc(Nc2c(F)cccc2F)n(C2CCCC2)c1C)Nc1ccncc1. The van der Waals surface area contributed by atoms with Gasteiger partial charge in [0.1, 0.15) is 28.8 Å². The molecule has 0 saturated heterocycles. The lowest BCUT2D eigenvalue weighted by atomic mass is 10.2. The van der Waals surface area contributed by atoms with Gasteiger partial charge in [0, 0.05) is 29.8 Å². The molecular formula is C26H30F2N6. The van der Waals surface area contributed by atoms with Gasteiger partial charge in [-0.3, -0.25) is 4.98 Å². The first-order valence-corrected chi connectivity index (χ1v) is 11.7. The molecule has 1 aromatic carbocycles. The summed E-state index contributed by atoms with van der Waals surface area (Å²) in [5.41, 5.74) is 3.35. The number of imidazole rings is 1. The molecule has 34 heavy (non-hydrogen) atoms. The highest BCUT2D eigenvalue weighted by Crippen LogP contribution is 2.35. The van der Waals surface area contributed by atoms with Gasteiger partial charge < -0.3 is 15.2 Å². The topological polar surface area (TPSA) is 67.1 Å². The molecule has 4 rings (SSSR count). The summed E-state index contributed by atoms with van der Waals surface area (Å²) in [6, 6.07) is 7.81. The van der Waals surface area contributed by atoms with E-state index in [0.29, 0.717) is 11.6 Å². The molecule has 3 aromatic rings. The van der Waals surface area contributed by atoms with Crippen LogP contribution >= 0.6 is 0 Å². The van der Waals surface area contributed by atoms with Gasteiger partial charge in [0.05, 0.1) is 6.21 Å². The third-order valence-electron chi connectivity index (χ3n) is 6.27. The van der Waals surface area contributed by atoms with Gasteiger partial charge in [0.15, 0.2) is 0 Å². The van der Waals surface area contributed by atoms with Gasteiger partial charge in [-0.05, 0) is 62.9 Å². The zero-order chi connectivity index (χ0) is 24.1. The van der Waals surface area contributed by atoms with Crippen LogP contribution in [0.5, 0.6) is 0 Å². The number of halogens is 2. The summed E-state index contributed by atoms with van der Waals surface area (Å²) < 4.78 is 30.8. The maximum absolute atomic E-state index is 14.4.